The fourth-order valence-electron chi connectivity index (χ4n) is 3.21. The molecule has 0 saturated carbocycles. The summed E-state index contributed by atoms with van der Waals surface area (Å²) < 4.78 is 60.8. The number of nitrogens with zero attached hydrogens (tertiary/aromatic N) is 2. The van der Waals surface area contributed by atoms with Crippen LogP contribution in [0.2, 0.25) is 0 Å². The number of benzene rings is 1. The zero-order valence-corrected chi connectivity index (χ0v) is 18.1. The van der Waals surface area contributed by atoms with Gasteiger partial charge in [-0.3, -0.25) is 4.31 Å². The Labute approximate surface area is 170 Å². The van der Waals surface area contributed by atoms with Crippen molar-refractivity contribution >= 4 is 31.7 Å². The number of fused-ring (bicyclic) bond motifs is 1. The van der Waals surface area contributed by atoms with Gasteiger partial charge in [-0.25, -0.2) is 25.9 Å². The molecule has 0 aliphatic carbocycles. The average Bonchev–Trinajstić information content (AvgIpc) is 3.21. The minimum atomic E-state index is -3.70. The first-order valence-electron chi connectivity index (χ1n) is 8.72. The first-order chi connectivity index (χ1) is 13.4. The predicted molar refractivity (Wildman–Crippen MR) is 106 cm³/mol. The second-order valence-electron chi connectivity index (χ2n) is 7.04. The van der Waals surface area contributed by atoms with Crippen molar-refractivity contribution in [3.8, 4) is 0 Å². The average molecular weight is 443 g/mol. The SMILES string of the molecule is CC1Cc2cc(C(=O)OCc3ccc(S(=O)(=O)N(C)C)o3)ccc2N1S(C)(=O)=O. The van der Waals surface area contributed by atoms with Gasteiger partial charge in [0.15, 0.2) is 0 Å². The van der Waals surface area contributed by atoms with Crippen LogP contribution in [0.25, 0.3) is 0 Å². The molecule has 0 fully saturated rings. The van der Waals surface area contributed by atoms with Gasteiger partial charge in [-0.1, -0.05) is 0 Å². The largest absolute Gasteiger partial charge is 0.454 e. The topological polar surface area (TPSA) is 114 Å². The summed E-state index contributed by atoms with van der Waals surface area (Å²) >= 11 is 0. The number of carbonyl (C=O) groups excluding carboxylic acids is 1. The van der Waals surface area contributed by atoms with Crippen molar-refractivity contribution in [2.24, 2.45) is 0 Å². The van der Waals surface area contributed by atoms with Crippen LogP contribution in [0.4, 0.5) is 5.69 Å². The Morgan fingerprint density at radius 3 is 2.52 bits per heavy atom. The van der Waals surface area contributed by atoms with Crippen LogP contribution in [0.1, 0.15) is 28.6 Å². The smallest absolute Gasteiger partial charge is 0.338 e. The van der Waals surface area contributed by atoms with Crippen LogP contribution >= 0.6 is 0 Å². The standard InChI is InChI=1S/C18H22N2O7S2/c1-12-9-14-10-13(5-7-16(14)20(12)28(4,22)23)18(21)26-11-15-6-8-17(27-15)29(24,25)19(2)3/h5-8,10,12H,9,11H2,1-4H3. The number of carbonyl (C=O) groups is 1. The minimum absolute atomic E-state index is 0.191. The van der Waals surface area contributed by atoms with Crippen molar-refractivity contribution < 1.29 is 30.8 Å². The maximum absolute atomic E-state index is 12.4. The molecule has 9 nitrogen and oxygen atoms in total. The number of hydrogen-bond acceptors (Lipinski definition) is 7. The van der Waals surface area contributed by atoms with Gasteiger partial charge in [-0.05, 0) is 49.2 Å². The highest BCUT2D eigenvalue weighted by Gasteiger charge is 2.33. The fraction of sp³-hybridized carbons (Fsp3) is 0.389. The normalized spacial score (nSPS) is 16.9. The molecule has 0 spiro atoms. The molecule has 0 bridgehead atoms. The monoisotopic (exact) mass is 442 g/mol. The highest BCUT2D eigenvalue weighted by Crippen LogP contribution is 2.34. The van der Waals surface area contributed by atoms with Crippen molar-refractivity contribution in [2.75, 3.05) is 24.7 Å². The predicted octanol–water partition coefficient (Wildman–Crippen LogP) is 1.60. The molecule has 1 atom stereocenters. The summed E-state index contributed by atoms with van der Waals surface area (Å²) in [6, 6.07) is 7.20. The third-order valence-electron chi connectivity index (χ3n) is 4.54. The Morgan fingerprint density at radius 1 is 1.21 bits per heavy atom. The summed E-state index contributed by atoms with van der Waals surface area (Å²) in [5.41, 5.74) is 1.58. The molecule has 1 unspecified atom stereocenters. The van der Waals surface area contributed by atoms with E-state index >= 15 is 0 Å². The van der Waals surface area contributed by atoms with Crippen LogP contribution in [-0.2, 0) is 37.8 Å². The summed E-state index contributed by atoms with van der Waals surface area (Å²) in [7, 11) is -4.34. The zero-order chi connectivity index (χ0) is 21.6. The lowest BCUT2D eigenvalue weighted by molar-refractivity contribution is 0.0440. The Bertz CT molecular complexity index is 1150. The van der Waals surface area contributed by atoms with Crippen molar-refractivity contribution in [3.63, 3.8) is 0 Å². The first kappa shape index (κ1) is 21.3. The van der Waals surface area contributed by atoms with Crippen LogP contribution in [0.5, 0.6) is 0 Å². The Hall–Kier alpha value is -2.37. The molecule has 1 aliphatic rings. The summed E-state index contributed by atoms with van der Waals surface area (Å²) in [6.07, 6.45) is 1.64. The molecule has 0 amide bonds. The summed E-state index contributed by atoms with van der Waals surface area (Å²) in [4.78, 5) is 12.4. The van der Waals surface area contributed by atoms with Gasteiger partial charge in [0.2, 0.25) is 15.1 Å². The molecule has 0 radical (unpaired) electrons. The molecule has 158 valence electrons. The Morgan fingerprint density at radius 2 is 1.90 bits per heavy atom. The van der Waals surface area contributed by atoms with Crippen LogP contribution in [0.3, 0.4) is 0 Å². The molecule has 0 saturated heterocycles. The fourth-order valence-corrected chi connectivity index (χ4v) is 5.29. The Kier molecular flexibility index (Phi) is 5.50. The van der Waals surface area contributed by atoms with E-state index in [-0.39, 0.29) is 29.1 Å². The number of rotatable bonds is 6. The highest BCUT2D eigenvalue weighted by atomic mass is 32.2. The van der Waals surface area contributed by atoms with Gasteiger partial charge in [0.25, 0.3) is 10.0 Å². The van der Waals surface area contributed by atoms with Crippen LogP contribution < -0.4 is 4.31 Å². The molecule has 1 aliphatic heterocycles. The van der Waals surface area contributed by atoms with E-state index in [2.05, 4.69) is 0 Å². The van der Waals surface area contributed by atoms with E-state index < -0.39 is 26.0 Å². The highest BCUT2D eigenvalue weighted by molar-refractivity contribution is 7.92. The van der Waals surface area contributed by atoms with E-state index in [1.54, 1.807) is 19.1 Å². The molecule has 1 aromatic heterocycles. The molecule has 11 heteroatoms. The lowest BCUT2D eigenvalue weighted by Crippen LogP contribution is -2.34. The second-order valence-corrected chi connectivity index (χ2v) is 11.0. The van der Waals surface area contributed by atoms with Gasteiger partial charge < -0.3 is 9.15 Å². The second kappa shape index (κ2) is 7.47. The summed E-state index contributed by atoms with van der Waals surface area (Å²) in [6.45, 7) is 1.57. The van der Waals surface area contributed by atoms with Crippen LogP contribution in [0, 0.1) is 0 Å². The van der Waals surface area contributed by atoms with E-state index in [0.717, 1.165) is 16.1 Å². The van der Waals surface area contributed by atoms with E-state index in [0.29, 0.717) is 12.1 Å². The van der Waals surface area contributed by atoms with Crippen LogP contribution in [-0.4, -0.2) is 53.5 Å². The van der Waals surface area contributed by atoms with Gasteiger partial charge in [0.05, 0.1) is 17.5 Å². The lowest BCUT2D eigenvalue weighted by Gasteiger charge is -2.21. The zero-order valence-electron chi connectivity index (χ0n) is 16.4. The maximum atomic E-state index is 12.4. The van der Waals surface area contributed by atoms with Crippen molar-refractivity contribution in [1.29, 1.82) is 0 Å². The maximum Gasteiger partial charge on any atom is 0.338 e. The van der Waals surface area contributed by atoms with E-state index in [9.17, 15) is 21.6 Å². The number of furan rings is 1. The van der Waals surface area contributed by atoms with Crippen molar-refractivity contribution in [2.45, 2.75) is 31.1 Å². The molecule has 3 rings (SSSR count). The van der Waals surface area contributed by atoms with E-state index in [4.69, 9.17) is 9.15 Å². The third-order valence-corrected chi connectivity index (χ3v) is 7.50. The summed E-state index contributed by atoms with van der Waals surface area (Å²) in [5, 5.41) is -0.235. The van der Waals surface area contributed by atoms with Gasteiger partial charge in [-0.2, -0.15) is 0 Å². The van der Waals surface area contributed by atoms with Gasteiger partial charge in [0.1, 0.15) is 12.4 Å². The van der Waals surface area contributed by atoms with Crippen molar-refractivity contribution in [3.05, 3.63) is 47.2 Å². The number of sulfonamides is 2. The van der Waals surface area contributed by atoms with Crippen LogP contribution in [0.15, 0.2) is 39.8 Å². The molecule has 29 heavy (non-hydrogen) atoms. The van der Waals surface area contributed by atoms with Gasteiger partial charge in [-0.15, -0.1) is 0 Å². The molecule has 2 aromatic rings. The van der Waals surface area contributed by atoms with E-state index in [1.165, 1.54) is 36.6 Å². The number of anilines is 1. The summed E-state index contributed by atoms with van der Waals surface area (Å²) in [5.74, 6) is -0.427. The number of esters is 1. The minimum Gasteiger partial charge on any atom is -0.454 e. The molecule has 2 heterocycles. The number of ether oxygens (including phenoxy) is 1. The quantitative estimate of drug-likeness (QED) is 0.624. The van der Waals surface area contributed by atoms with Gasteiger partial charge >= 0.3 is 5.97 Å². The first-order valence-corrected chi connectivity index (χ1v) is 12.0. The van der Waals surface area contributed by atoms with E-state index in [1.807, 2.05) is 0 Å². The Balaban J connectivity index is 1.72. The van der Waals surface area contributed by atoms with Gasteiger partial charge in [0, 0.05) is 20.1 Å². The number of hydrogen-bond donors (Lipinski definition) is 0. The molecule has 1 aromatic carbocycles. The van der Waals surface area contributed by atoms with Crippen molar-refractivity contribution in [1.82, 2.24) is 4.31 Å². The lowest BCUT2D eigenvalue weighted by atomic mass is 10.1. The molecular weight excluding hydrogens is 420 g/mol. The molecular formula is C18H22N2O7S2. The third kappa shape index (κ3) is 4.16. The molecule has 0 N–H and O–H groups in total.